The van der Waals surface area contributed by atoms with Gasteiger partial charge in [0.2, 0.25) is 0 Å². The molecule has 0 spiro atoms. The van der Waals surface area contributed by atoms with Gasteiger partial charge in [-0.1, -0.05) is 48.5 Å². The van der Waals surface area contributed by atoms with Crippen LogP contribution in [0.4, 0.5) is 10.1 Å². The Morgan fingerprint density at radius 3 is 2.09 bits per heavy atom. The molecule has 0 bridgehead atoms. The quantitative estimate of drug-likeness (QED) is 0.118. The van der Waals surface area contributed by atoms with E-state index in [1.54, 1.807) is 42.5 Å². The summed E-state index contributed by atoms with van der Waals surface area (Å²) in [7, 11) is 1.28. The molecule has 1 amide bonds. The van der Waals surface area contributed by atoms with Gasteiger partial charge in [-0.15, -0.1) is 0 Å². The van der Waals surface area contributed by atoms with Gasteiger partial charge in [-0.3, -0.25) is 9.59 Å². The second-order valence-electron chi connectivity index (χ2n) is 10.8. The number of hydrogen-bond donors (Lipinski definition) is 4. The summed E-state index contributed by atoms with van der Waals surface area (Å²) in [6, 6.07) is 21.1. The first-order chi connectivity index (χ1) is 21.5. The van der Waals surface area contributed by atoms with E-state index in [4.69, 9.17) is 9.84 Å². The molecule has 4 rings (SSSR count). The fourth-order valence-corrected chi connectivity index (χ4v) is 5.17. The van der Waals surface area contributed by atoms with Gasteiger partial charge < -0.3 is 29.9 Å². The van der Waals surface area contributed by atoms with Gasteiger partial charge in [0.15, 0.2) is 0 Å². The molecule has 9 nitrogen and oxygen atoms in total. The van der Waals surface area contributed by atoms with E-state index in [1.165, 1.54) is 25.3 Å². The van der Waals surface area contributed by atoms with Gasteiger partial charge in [-0.25, -0.2) is 9.18 Å². The molecule has 236 valence electrons. The maximum atomic E-state index is 14.2. The molecule has 0 aliphatic carbocycles. The SMILES string of the molecule is COC(=O)c1ccc(NC(=O)c2c(-c3ccccc3)c(-c3ccc(F)cc3)c(C=CC(O)CC(O)CC(=O)O)n2C(C)C)cc1.[NaH]. The van der Waals surface area contributed by atoms with E-state index in [2.05, 4.69) is 5.32 Å². The predicted molar refractivity (Wildman–Crippen MR) is 176 cm³/mol. The number of nitrogens with one attached hydrogen (secondary N) is 1. The Bertz CT molecular complexity index is 1680. The molecule has 4 N–H and O–H groups in total. The molecule has 1 heterocycles. The first kappa shape index (κ1) is 36.4. The Labute approximate surface area is 288 Å². The number of aromatic nitrogens is 1. The van der Waals surface area contributed by atoms with Crippen LogP contribution in [-0.2, 0) is 9.53 Å². The van der Waals surface area contributed by atoms with Gasteiger partial charge in [0.25, 0.3) is 5.91 Å². The number of carboxylic acid groups (broad SMARTS) is 1. The number of anilines is 1. The molecule has 0 aliphatic heterocycles. The first-order valence-electron chi connectivity index (χ1n) is 14.4. The molecule has 3 aromatic carbocycles. The van der Waals surface area contributed by atoms with Gasteiger partial charge in [0.1, 0.15) is 11.5 Å². The number of aliphatic hydroxyl groups is 2. The van der Waals surface area contributed by atoms with Crippen molar-refractivity contribution in [2.24, 2.45) is 0 Å². The van der Waals surface area contributed by atoms with Crippen LogP contribution in [0.2, 0.25) is 0 Å². The summed E-state index contributed by atoms with van der Waals surface area (Å²) in [6.45, 7) is 3.80. The van der Waals surface area contributed by atoms with E-state index in [0.29, 0.717) is 39.3 Å². The van der Waals surface area contributed by atoms with Gasteiger partial charge in [0.05, 0.1) is 31.3 Å². The van der Waals surface area contributed by atoms with Crippen molar-refractivity contribution in [3.8, 4) is 22.3 Å². The average Bonchev–Trinajstić information content (AvgIpc) is 3.36. The number of rotatable bonds is 12. The van der Waals surface area contributed by atoms with E-state index in [-0.39, 0.29) is 42.0 Å². The average molecular weight is 639 g/mol. The number of aliphatic carboxylic acids is 1. The molecule has 2 atom stereocenters. The minimum atomic E-state index is -1.26. The molecule has 0 radical (unpaired) electrons. The Morgan fingerprint density at radius 2 is 1.52 bits per heavy atom. The number of carbonyl (C=O) groups is 3. The molecule has 0 saturated heterocycles. The number of methoxy groups -OCH3 is 1. The molecule has 0 saturated carbocycles. The molecule has 2 unspecified atom stereocenters. The summed E-state index contributed by atoms with van der Waals surface area (Å²) < 4.78 is 20.6. The summed E-state index contributed by atoms with van der Waals surface area (Å²) in [5.41, 5.74) is 4.10. The molecule has 1 aromatic heterocycles. The zero-order valence-corrected chi connectivity index (χ0v) is 25.1. The number of ether oxygens (including phenoxy) is 1. The Balaban J connectivity index is 0.00000576. The van der Waals surface area contributed by atoms with E-state index in [1.807, 2.05) is 48.7 Å². The molecule has 0 fully saturated rings. The van der Waals surface area contributed by atoms with E-state index >= 15 is 0 Å². The standard InChI is InChI=1S/C35H35FN2O7.Na.H/c1-21(2)38-29(18-17-27(39)19-28(40)20-30(41)42)31(23-9-13-25(36)14-10-23)32(22-7-5-4-6-8-22)33(38)34(43)37-26-15-11-24(12-16-26)35(44)45-3;;/h4-18,21,27-28,39-40H,19-20H2,1-3H3,(H,37,43)(H,41,42);;. The van der Waals surface area contributed by atoms with Crippen LogP contribution in [0.15, 0.2) is 84.9 Å². The number of carbonyl (C=O) groups excluding carboxylic acids is 2. The van der Waals surface area contributed by atoms with Crippen LogP contribution in [0.25, 0.3) is 28.3 Å². The van der Waals surface area contributed by atoms with Crippen LogP contribution >= 0.6 is 0 Å². The third-order valence-corrected chi connectivity index (χ3v) is 7.13. The molecular formula is C35H36FN2NaO7. The van der Waals surface area contributed by atoms with Crippen molar-refractivity contribution < 1.29 is 38.8 Å². The van der Waals surface area contributed by atoms with Crippen molar-refractivity contribution in [3.63, 3.8) is 0 Å². The number of carboxylic acids is 1. The Hall–Kier alpha value is -4.06. The zero-order chi connectivity index (χ0) is 32.7. The minimum absolute atomic E-state index is 0. The predicted octanol–water partition coefficient (Wildman–Crippen LogP) is 5.53. The zero-order valence-electron chi connectivity index (χ0n) is 25.1. The topological polar surface area (TPSA) is 138 Å². The molecule has 4 aromatic rings. The van der Waals surface area contributed by atoms with Crippen molar-refractivity contribution in [1.82, 2.24) is 4.57 Å². The summed E-state index contributed by atoms with van der Waals surface area (Å²) in [4.78, 5) is 37.1. The van der Waals surface area contributed by atoms with Gasteiger partial charge in [-0.2, -0.15) is 0 Å². The van der Waals surface area contributed by atoms with Crippen molar-refractivity contribution in [2.45, 2.75) is 44.9 Å². The normalized spacial score (nSPS) is 12.4. The third-order valence-electron chi connectivity index (χ3n) is 7.13. The third kappa shape index (κ3) is 8.80. The van der Waals surface area contributed by atoms with Crippen LogP contribution in [0.1, 0.15) is 59.3 Å². The first-order valence-corrected chi connectivity index (χ1v) is 14.4. The van der Waals surface area contributed by atoms with Crippen molar-refractivity contribution in [3.05, 3.63) is 108 Å². The number of amides is 1. The van der Waals surface area contributed by atoms with Crippen LogP contribution in [0.5, 0.6) is 0 Å². The number of benzene rings is 3. The molecule has 0 aliphatic rings. The van der Waals surface area contributed by atoms with Crippen molar-refractivity contribution in [2.75, 3.05) is 12.4 Å². The van der Waals surface area contributed by atoms with Gasteiger partial charge in [0, 0.05) is 35.0 Å². The van der Waals surface area contributed by atoms with Crippen LogP contribution in [0.3, 0.4) is 0 Å². The molecular weight excluding hydrogens is 602 g/mol. The summed E-state index contributed by atoms with van der Waals surface area (Å²) in [5, 5.41) is 32.7. The maximum absolute atomic E-state index is 14.2. The number of aliphatic hydroxyl groups excluding tert-OH is 2. The van der Waals surface area contributed by atoms with E-state index in [9.17, 15) is 29.0 Å². The number of esters is 1. The summed E-state index contributed by atoms with van der Waals surface area (Å²) in [5.74, 6) is -2.58. The van der Waals surface area contributed by atoms with E-state index < -0.39 is 42.3 Å². The number of nitrogens with zero attached hydrogens (tertiary/aromatic N) is 1. The van der Waals surface area contributed by atoms with Crippen molar-refractivity contribution >= 4 is 59.2 Å². The summed E-state index contributed by atoms with van der Waals surface area (Å²) >= 11 is 0. The van der Waals surface area contributed by atoms with Crippen LogP contribution < -0.4 is 5.32 Å². The van der Waals surface area contributed by atoms with Crippen LogP contribution in [0, 0.1) is 5.82 Å². The molecule has 46 heavy (non-hydrogen) atoms. The number of halogens is 1. The van der Waals surface area contributed by atoms with Gasteiger partial charge in [-0.05, 0) is 67.4 Å². The molecule has 11 heteroatoms. The monoisotopic (exact) mass is 638 g/mol. The second-order valence-corrected chi connectivity index (χ2v) is 10.8. The van der Waals surface area contributed by atoms with Gasteiger partial charge >= 0.3 is 41.5 Å². The second kappa shape index (κ2) is 16.5. The number of hydrogen-bond acceptors (Lipinski definition) is 6. The Kier molecular flexibility index (Phi) is 13.0. The Morgan fingerprint density at radius 1 is 0.913 bits per heavy atom. The van der Waals surface area contributed by atoms with Crippen molar-refractivity contribution in [1.29, 1.82) is 0 Å². The van der Waals surface area contributed by atoms with E-state index in [0.717, 1.165) is 5.56 Å². The fourth-order valence-electron chi connectivity index (χ4n) is 5.17. The summed E-state index contributed by atoms with van der Waals surface area (Å²) in [6.07, 6.45) is -0.113. The van der Waals surface area contributed by atoms with Crippen LogP contribution in [-0.4, -0.2) is 86.6 Å². The fraction of sp³-hybridized carbons (Fsp3) is 0.229.